The predicted octanol–water partition coefficient (Wildman–Crippen LogP) is 2.47. The largest absolute Gasteiger partial charge is 0.493 e. The van der Waals surface area contributed by atoms with Crippen molar-refractivity contribution >= 4 is 18.2 Å². The Bertz CT molecular complexity index is 1050. The monoisotopic (exact) mass is 444 g/mol. The molecule has 1 aliphatic heterocycles. The van der Waals surface area contributed by atoms with Crippen LogP contribution in [0.1, 0.15) is 0 Å². The molecule has 3 heterocycles. The van der Waals surface area contributed by atoms with Gasteiger partial charge in [-0.05, 0) is 30.4 Å². The molecule has 0 saturated carbocycles. The topological polar surface area (TPSA) is 90.9 Å². The van der Waals surface area contributed by atoms with Crippen molar-refractivity contribution in [1.82, 2.24) is 24.6 Å². The molecule has 0 atom stereocenters. The van der Waals surface area contributed by atoms with Gasteiger partial charge >= 0.3 is 0 Å². The molecule has 4 rings (SSSR count). The van der Waals surface area contributed by atoms with Gasteiger partial charge in [-0.3, -0.25) is 4.90 Å². The van der Waals surface area contributed by atoms with Gasteiger partial charge in [0.25, 0.3) is 4.84 Å². The summed E-state index contributed by atoms with van der Waals surface area (Å²) in [5.41, 5.74) is 0.686. The molecule has 0 radical (unpaired) electrons. The van der Waals surface area contributed by atoms with Gasteiger partial charge in [0.1, 0.15) is 0 Å². The van der Waals surface area contributed by atoms with Crippen LogP contribution in [0.2, 0.25) is 0 Å². The van der Waals surface area contributed by atoms with Crippen molar-refractivity contribution in [2.24, 2.45) is 0 Å². The van der Waals surface area contributed by atoms with E-state index in [-0.39, 0.29) is 0 Å². The zero-order valence-corrected chi connectivity index (χ0v) is 18.5. The van der Waals surface area contributed by atoms with E-state index in [1.807, 2.05) is 6.07 Å². The zero-order chi connectivity index (χ0) is 21.8. The van der Waals surface area contributed by atoms with Gasteiger partial charge < -0.3 is 23.5 Å². The Balaban J connectivity index is 1.48. The Morgan fingerprint density at radius 2 is 1.61 bits per heavy atom. The Hall–Kier alpha value is -3.18. The van der Waals surface area contributed by atoms with E-state index in [4.69, 9.17) is 30.8 Å². The number of anilines is 1. The second kappa shape index (κ2) is 9.31. The van der Waals surface area contributed by atoms with E-state index in [9.17, 15) is 0 Å². The van der Waals surface area contributed by atoms with Crippen LogP contribution in [0.25, 0.3) is 11.5 Å². The highest BCUT2D eigenvalue weighted by Crippen LogP contribution is 2.40. The third-order valence-corrected chi connectivity index (χ3v) is 5.35. The predicted molar refractivity (Wildman–Crippen MR) is 116 cm³/mol. The molecule has 0 unspecified atom stereocenters. The number of ether oxygens (including phenoxy) is 3. The minimum Gasteiger partial charge on any atom is -0.493 e. The maximum absolute atomic E-state index is 5.76. The second-order valence-corrected chi connectivity index (χ2v) is 7.23. The summed E-state index contributed by atoms with van der Waals surface area (Å²) in [6.45, 7) is 3.87. The number of aromatic nitrogens is 4. The highest BCUT2D eigenvalue weighted by atomic mass is 32.1. The van der Waals surface area contributed by atoms with Crippen LogP contribution in [-0.2, 0) is 6.67 Å². The van der Waals surface area contributed by atoms with E-state index in [1.54, 1.807) is 50.5 Å². The van der Waals surface area contributed by atoms with Gasteiger partial charge in [-0.15, -0.1) is 5.10 Å². The quantitative estimate of drug-likeness (QED) is 0.506. The van der Waals surface area contributed by atoms with Gasteiger partial charge in [-0.1, -0.05) is 0 Å². The fourth-order valence-electron chi connectivity index (χ4n) is 3.45. The third kappa shape index (κ3) is 4.47. The van der Waals surface area contributed by atoms with Crippen LogP contribution in [0.5, 0.6) is 17.2 Å². The Kier molecular flexibility index (Phi) is 6.33. The molecule has 0 bridgehead atoms. The summed E-state index contributed by atoms with van der Waals surface area (Å²) in [5.74, 6) is 2.69. The van der Waals surface area contributed by atoms with Crippen molar-refractivity contribution in [2.75, 3.05) is 52.4 Å². The van der Waals surface area contributed by atoms with Gasteiger partial charge in [-0.25, -0.2) is 14.6 Å². The zero-order valence-electron chi connectivity index (χ0n) is 17.6. The van der Waals surface area contributed by atoms with Crippen LogP contribution in [-0.4, -0.2) is 72.2 Å². The molecule has 0 amide bonds. The van der Waals surface area contributed by atoms with Crippen molar-refractivity contribution in [1.29, 1.82) is 0 Å². The average molecular weight is 445 g/mol. The first-order valence-corrected chi connectivity index (χ1v) is 10.2. The fraction of sp³-hybridized carbons (Fsp3) is 0.400. The lowest BCUT2D eigenvalue weighted by Crippen LogP contribution is -2.47. The molecule has 1 saturated heterocycles. The highest BCUT2D eigenvalue weighted by molar-refractivity contribution is 7.71. The van der Waals surface area contributed by atoms with E-state index >= 15 is 0 Å². The lowest BCUT2D eigenvalue weighted by atomic mass is 10.2. The first-order chi connectivity index (χ1) is 15.1. The lowest BCUT2D eigenvalue weighted by molar-refractivity contribution is 0.191. The second-order valence-electron chi connectivity index (χ2n) is 6.88. The van der Waals surface area contributed by atoms with Crippen molar-refractivity contribution in [2.45, 2.75) is 6.67 Å². The minimum absolute atomic E-state index is 0.303. The maximum Gasteiger partial charge on any atom is 0.288 e. The van der Waals surface area contributed by atoms with Gasteiger partial charge in [0.05, 0.1) is 28.0 Å². The normalized spacial score (nSPS) is 14.5. The standard InChI is InChI=1S/C20H24N6O4S/c1-27-15-11-14(12-16(28-2)17(15)29-3)18-23-26(20(31)30-18)13-24-7-9-25(10-8-24)19-21-5-4-6-22-19/h4-6,11-12H,7-10,13H2,1-3H3. The Labute approximate surface area is 185 Å². The molecule has 1 aliphatic rings. The number of nitrogens with zero attached hydrogens (tertiary/aromatic N) is 6. The molecule has 1 aromatic carbocycles. The molecule has 31 heavy (non-hydrogen) atoms. The van der Waals surface area contributed by atoms with Crippen LogP contribution in [0, 0.1) is 4.84 Å². The smallest absolute Gasteiger partial charge is 0.288 e. The summed E-state index contributed by atoms with van der Waals surface area (Å²) in [7, 11) is 4.69. The van der Waals surface area contributed by atoms with E-state index in [0.29, 0.717) is 40.2 Å². The van der Waals surface area contributed by atoms with Crippen molar-refractivity contribution in [3.8, 4) is 28.7 Å². The molecule has 1 fully saturated rings. The summed E-state index contributed by atoms with van der Waals surface area (Å²) < 4.78 is 23.6. The van der Waals surface area contributed by atoms with E-state index < -0.39 is 0 Å². The molecule has 3 aromatic rings. The molecule has 0 spiro atoms. The van der Waals surface area contributed by atoms with Crippen LogP contribution >= 0.6 is 12.2 Å². The van der Waals surface area contributed by atoms with Gasteiger partial charge in [0.15, 0.2) is 11.5 Å². The fourth-order valence-corrected chi connectivity index (χ4v) is 3.63. The summed E-state index contributed by atoms with van der Waals surface area (Å²) in [4.78, 5) is 13.4. The summed E-state index contributed by atoms with van der Waals surface area (Å²) in [6, 6.07) is 5.38. The Morgan fingerprint density at radius 3 is 2.19 bits per heavy atom. The van der Waals surface area contributed by atoms with Crippen LogP contribution in [0.15, 0.2) is 35.0 Å². The number of methoxy groups -OCH3 is 3. The van der Waals surface area contributed by atoms with E-state index in [0.717, 1.165) is 32.1 Å². The molecule has 164 valence electrons. The Morgan fingerprint density at radius 1 is 0.968 bits per heavy atom. The summed E-state index contributed by atoms with van der Waals surface area (Å²) in [6.07, 6.45) is 3.52. The van der Waals surface area contributed by atoms with Gasteiger partial charge in [0, 0.05) is 44.1 Å². The number of piperazine rings is 1. The van der Waals surface area contributed by atoms with Gasteiger partial charge in [-0.2, -0.15) is 0 Å². The SMILES string of the molecule is COc1cc(-c2nn(CN3CCN(c4ncccn4)CC3)c(=S)o2)cc(OC)c1OC. The molecule has 11 heteroatoms. The number of hydrogen-bond donors (Lipinski definition) is 0. The maximum atomic E-state index is 5.76. The van der Waals surface area contributed by atoms with Crippen molar-refractivity contribution in [3.05, 3.63) is 35.4 Å². The van der Waals surface area contributed by atoms with E-state index in [2.05, 4.69) is 24.9 Å². The average Bonchev–Trinajstić information content (AvgIpc) is 3.19. The van der Waals surface area contributed by atoms with Crippen LogP contribution in [0.3, 0.4) is 0 Å². The van der Waals surface area contributed by atoms with Crippen molar-refractivity contribution in [3.63, 3.8) is 0 Å². The minimum atomic E-state index is 0.303. The highest BCUT2D eigenvalue weighted by Gasteiger charge is 2.21. The molecular weight excluding hydrogens is 420 g/mol. The molecule has 0 aliphatic carbocycles. The number of hydrogen-bond acceptors (Lipinski definition) is 10. The summed E-state index contributed by atoms with van der Waals surface area (Å²) >= 11 is 5.40. The lowest BCUT2D eigenvalue weighted by Gasteiger charge is -2.34. The molecule has 2 aromatic heterocycles. The van der Waals surface area contributed by atoms with Gasteiger partial charge in [0.2, 0.25) is 17.6 Å². The van der Waals surface area contributed by atoms with Crippen LogP contribution < -0.4 is 19.1 Å². The third-order valence-electron chi connectivity index (χ3n) is 5.06. The van der Waals surface area contributed by atoms with E-state index in [1.165, 1.54) is 0 Å². The molecular formula is C20H24N6O4S. The summed E-state index contributed by atoms with van der Waals surface area (Å²) in [5, 5.41) is 4.57. The number of benzene rings is 1. The van der Waals surface area contributed by atoms with Crippen molar-refractivity contribution < 1.29 is 18.6 Å². The molecule has 10 nitrogen and oxygen atoms in total. The van der Waals surface area contributed by atoms with Crippen LogP contribution in [0.4, 0.5) is 5.95 Å². The number of rotatable bonds is 7. The molecule has 0 N–H and O–H groups in total. The first kappa shape index (κ1) is 21.1. The first-order valence-electron chi connectivity index (χ1n) is 9.75.